The third kappa shape index (κ3) is 23.0. The Kier molecular flexibility index (Phi) is 33.9. The van der Waals surface area contributed by atoms with Crippen LogP contribution in [0.2, 0.25) is 0 Å². The Hall–Kier alpha value is -9.38. The number of benzene rings is 10. The molecule has 0 bridgehead atoms. The van der Waals surface area contributed by atoms with Gasteiger partial charge in [-0.2, -0.15) is 0 Å². The molecule has 0 saturated heterocycles. The van der Waals surface area contributed by atoms with Crippen molar-refractivity contribution < 1.29 is 0 Å². The third-order valence-corrected chi connectivity index (χ3v) is 29.5. The number of rotatable bonds is 53. The van der Waals surface area contributed by atoms with Crippen molar-refractivity contribution in [1.82, 2.24) is 17.9 Å². The molecule has 125 heavy (non-hydrogen) atoms. The van der Waals surface area contributed by atoms with Crippen molar-refractivity contribution in [3.63, 3.8) is 0 Å². The van der Waals surface area contributed by atoms with E-state index in [4.69, 9.17) is 17.9 Å². The second-order valence-corrected chi connectivity index (χ2v) is 38.4. The van der Waals surface area contributed by atoms with Crippen molar-refractivity contribution in [3.05, 3.63) is 275 Å². The first-order valence-electron chi connectivity index (χ1n) is 50.1. The smallest absolute Gasteiger partial charge is 0.248 e. The number of fused-ring (bicyclic) bond motifs is 9. The van der Waals surface area contributed by atoms with E-state index in [9.17, 15) is 0 Å². The second-order valence-electron chi connectivity index (χ2n) is 37.3. The molecule has 0 atom stereocenters. The molecule has 3 aromatic heterocycles. The molecular formula is C120H142N4Se. The van der Waals surface area contributed by atoms with E-state index < -0.39 is 0 Å². The monoisotopic (exact) mass is 1720 g/mol. The molecule has 5 heteroatoms. The molecule has 0 saturated carbocycles. The van der Waals surface area contributed by atoms with Crippen molar-refractivity contribution >= 4 is 72.1 Å². The molecular weight excluding hydrogens is 1580 g/mol. The third-order valence-electron chi connectivity index (χ3n) is 28.4. The summed E-state index contributed by atoms with van der Waals surface area (Å²) in [5.41, 5.74) is 32.2. The Bertz CT molecular complexity index is 5570. The molecule has 3 heterocycles. The number of nitrogens with zero attached hydrogens (tertiary/aromatic N) is 4. The summed E-state index contributed by atoms with van der Waals surface area (Å²) in [4.78, 5) is 10.7. The summed E-state index contributed by atoms with van der Waals surface area (Å²) >= 11 is -0.202. The average Bonchev–Trinajstić information content (AvgIpc) is 1.57. The molecule has 0 spiro atoms. The Morgan fingerprint density at radius 2 is 0.504 bits per heavy atom. The molecule has 0 N–H and O–H groups in total. The van der Waals surface area contributed by atoms with Crippen LogP contribution < -0.4 is 0 Å². The first-order chi connectivity index (χ1) is 61.9. The Labute approximate surface area is 758 Å². The maximum absolute atomic E-state index is 5.37. The number of aromatic nitrogens is 4. The van der Waals surface area contributed by atoms with Crippen molar-refractivity contribution in [3.8, 4) is 77.9 Å². The number of para-hydroxylation sites is 2. The van der Waals surface area contributed by atoms with Gasteiger partial charge in [-0.15, -0.1) is 0 Å². The summed E-state index contributed by atoms with van der Waals surface area (Å²) in [7, 11) is 0. The van der Waals surface area contributed by atoms with Gasteiger partial charge in [0.2, 0.25) is 0 Å². The quantitative estimate of drug-likeness (QED) is 0.0282. The van der Waals surface area contributed by atoms with Gasteiger partial charge in [-0.3, -0.25) is 0 Å². The minimum atomic E-state index is -0.219. The van der Waals surface area contributed by atoms with Gasteiger partial charge < -0.3 is 0 Å². The van der Waals surface area contributed by atoms with E-state index >= 15 is 0 Å². The van der Waals surface area contributed by atoms with Crippen LogP contribution in [-0.2, 0) is 10.8 Å². The molecule has 10 aromatic carbocycles. The number of pyridine rings is 2. The van der Waals surface area contributed by atoms with Crippen molar-refractivity contribution in [1.29, 1.82) is 0 Å². The summed E-state index contributed by atoms with van der Waals surface area (Å²) in [6, 6.07) is 88.8. The van der Waals surface area contributed by atoms with Gasteiger partial charge >= 0.3 is 250 Å². The number of hydrogen-bond donors (Lipinski definition) is 0. The van der Waals surface area contributed by atoms with Crippen LogP contribution in [0.5, 0.6) is 0 Å². The van der Waals surface area contributed by atoms with E-state index in [2.05, 4.69) is 283 Å². The molecule has 0 aliphatic heterocycles. The van der Waals surface area contributed by atoms with E-state index in [0.29, 0.717) is 0 Å². The van der Waals surface area contributed by atoms with Crippen molar-refractivity contribution in [2.45, 2.75) is 321 Å². The van der Waals surface area contributed by atoms with E-state index in [1.54, 1.807) is 5.56 Å². The molecule has 648 valence electrons. The zero-order valence-corrected chi connectivity index (χ0v) is 78.3. The molecule has 4 nitrogen and oxygen atoms in total. The molecule has 0 unspecified atom stereocenters. The zero-order valence-electron chi connectivity index (χ0n) is 76.6. The van der Waals surface area contributed by atoms with E-state index in [1.807, 2.05) is 0 Å². The molecule has 13 aromatic rings. The van der Waals surface area contributed by atoms with E-state index in [-0.39, 0.29) is 25.8 Å². The van der Waals surface area contributed by atoms with Gasteiger partial charge in [0.05, 0.1) is 22.4 Å². The van der Waals surface area contributed by atoms with Gasteiger partial charge in [0.15, 0.2) is 0 Å². The minimum absolute atomic E-state index is 0.156. The van der Waals surface area contributed by atoms with Crippen LogP contribution in [0.15, 0.2) is 231 Å². The summed E-state index contributed by atoms with van der Waals surface area (Å²) in [6.45, 7) is 9.34. The van der Waals surface area contributed by atoms with Crippen LogP contribution in [0.4, 0.5) is 0 Å². The van der Waals surface area contributed by atoms with Gasteiger partial charge in [0.1, 0.15) is 0 Å². The molecule has 0 amide bonds. The van der Waals surface area contributed by atoms with Crippen LogP contribution >= 0.6 is 0 Å². The molecule has 15 rings (SSSR count). The van der Waals surface area contributed by atoms with Crippen LogP contribution in [0.3, 0.4) is 0 Å². The first-order valence-corrected chi connectivity index (χ1v) is 51.6. The molecule has 2 aliphatic rings. The SMILES string of the molecule is CCCCCCCCCCCCC1(CCCCCCCCCCCC)c2cc(-c3ccccc3)ccc2-c2ccc(-c3cc(/C=C/c4ccc5ccccc5n4)c(-c4ccc5c(c4)C(CCCCCCCCCCCC)(CCCCCCCCCCCC)c4cc(-c6ccc(-c7ccccc7)c7n[se]nc67)ccc4-5)cc3/C=C/c3ccc4ccccc4n3)cc21. The standard InChI is InChI=1S/C120H142N4Se/c1-5-9-13-17-21-25-29-33-37-51-81-119(82-52-38-34-30-26-22-18-14-10-6-2)111-87-95(91-55-43-41-44-56-91)67-75-105(111)107-77-69-99(89-113(107)119)109-85-97(66-74-102-72-64-94-60-48-50-62-116(94)122-102)110(86-96(109)65-73-101-71-63-93-59-47-49-61-115(93)121-101)100-70-78-108-106-76-68-98(104-80-79-103(92-57-45-42-46-58-92)117-118(104)124-125-123-117)88-112(106)120(114(108)90-100,83-53-39-35-31-27-23-19-15-11-7-3)84-54-40-36-32-28-24-20-16-12-8-4/h41-50,55-80,85-90H,5-40,51-54,81-84H2,1-4H3/b73-65+,74-66+. The Morgan fingerprint density at radius 3 is 0.856 bits per heavy atom. The summed E-state index contributed by atoms with van der Waals surface area (Å²) in [6.07, 6.45) is 66.8. The molecule has 2 aliphatic carbocycles. The van der Waals surface area contributed by atoms with Crippen LogP contribution in [0.1, 0.15) is 355 Å². The van der Waals surface area contributed by atoms with Gasteiger partial charge in [-0.25, -0.2) is 9.97 Å². The molecule has 0 fully saturated rings. The normalized spacial score (nSPS) is 13.2. The zero-order chi connectivity index (χ0) is 85.5. The number of hydrogen-bond acceptors (Lipinski definition) is 4. The average molecular weight is 1720 g/mol. The summed E-state index contributed by atoms with van der Waals surface area (Å²) in [5, 5.41) is 2.30. The van der Waals surface area contributed by atoms with Gasteiger partial charge in [0, 0.05) is 16.2 Å². The predicted octanol–water partition coefficient (Wildman–Crippen LogP) is 36.2. The Morgan fingerprint density at radius 1 is 0.224 bits per heavy atom. The maximum atomic E-state index is 5.37. The van der Waals surface area contributed by atoms with Gasteiger partial charge in [0.25, 0.3) is 0 Å². The van der Waals surface area contributed by atoms with Crippen LogP contribution in [-0.4, -0.2) is 32.9 Å². The topological polar surface area (TPSA) is 51.6 Å². The van der Waals surface area contributed by atoms with Crippen molar-refractivity contribution in [2.24, 2.45) is 0 Å². The predicted molar refractivity (Wildman–Crippen MR) is 543 cm³/mol. The summed E-state index contributed by atoms with van der Waals surface area (Å²) < 4.78 is 10.5. The number of unbranched alkanes of at least 4 members (excludes halogenated alkanes) is 36. The second kappa shape index (κ2) is 46.9. The Balaban J connectivity index is 0.886. The first kappa shape index (κ1) is 90.4. The van der Waals surface area contributed by atoms with Crippen molar-refractivity contribution in [2.75, 3.05) is 0 Å². The van der Waals surface area contributed by atoms with E-state index in [0.717, 1.165) is 69.9 Å². The fourth-order valence-electron chi connectivity index (χ4n) is 21.3. The summed E-state index contributed by atoms with van der Waals surface area (Å²) in [5.74, 6) is 0. The van der Waals surface area contributed by atoms with E-state index in [1.165, 1.54) is 363 Å². The molecule has 0 radical (unpaired) electrons. The van der Waals surface area contributed by atoms with Crippen LogP contribution in [0, 0.1) is 0 Å². The fraction of sp³-hybridized carbons (Fsp3) is 0.417. The van der Waals surface area contributed by atoms with Gasteiger partial charge in [-0.05, 0) is 118 Å². The van der Waals surface area contributed by atoms with Gasteiger partial charge in [-0.1, -0.05) is 348 Å². The fourth-order valence-corrected chi connectivity index (χ4v) is 22.5. The van der Waals surface area contributed by atoms with Crippen LogP contribution in [0.25, 0.3) is 135 Å². The minimum Gasteiger partial charge on any atom is -0.248 e.